The first kappa shape index (κ1) is 19.8. The van der Waals surface area contributed by atoms with Crippen LogP contribution in [0.3, 0.4) is 0 Å². The van der Waals surface area contributed by atoms with Crippen LogP contribution in [0.15, 0.2) is 42.6 Å². The van der Waals surface area contributed by atoms with Crippen molar-refractivity contribution in [2.24, 2.45) is 0 Å². The van der Waals surface area contributed by atoms with Gasteiger partial charge < -0.3 is 19.7 Å². The summed E-state index contributed by atoms with van der Waals surface area (Å²) in [5.74, 6) is 0.785. The molecular formula is C22H28N4O3. The van der Waals surface area contributed by atoms with Crippen LogP contribution >= 0.6 is 0 Å². The summed E-state index contributed by atoms with van der Waals surface area (Å²) in [5.41, 5.74) is 2.97. The normalized spacial score (nSPS) is 17.9. The van der Waals surface area contributed by atoms with Crippen LogP contribution in [0.4, 0.5) is 5.82 Å². The van der Waals surface area contributed by atoms with Crippen LogP contribution in [0, 0.1) is 0 Å². The number of amides is 1. The molecule has 2 saturated heterocycles. The zero-order valence-electron chi connectivity index (χ0n) is 16.7. The highest BCUT2D eigenvalue weighted by Gasteiger charge is 2.15. The van der Waals surface area contributed by atoms with Crippen LogP contribution in [0.25, 0.3) is 0 Å². The molecule has 0 bridgehead atoms. The summed E-state index contributed by atoms with van der Waals surface area (Å²) in [5, 5.41) is 3.04. The maximum atomic E-state index is 12.6. The van der Waals surface area contributed by atoms with Crippen molar-refractivity contribution in [1.82, 2.24) is 15.2 Å². The van der Waals surface area contributed by atoms with Crippen molar-refractivity contribution in [2.45, 2.75) is 13.1 Å². The molecular weight excluding hydrogens is 368 g/mol. The first-order chi connectivity index (χ1) is 14.3. The quantitative estimate of drug-likeness (QED) is 0.802. The smallest absolute Gasteiger partial charge is 0.253 e. The van der Waals surface area contributed by atoms with Gasteiger partial charge in [-0.15, -0.1) is 0 Å². The summed E-state index contributed by atoms with van der Waals surface area (Å²) in [6.07, 6.45) is 1.65. The number of benzene rings is 1. The number of hydrogen-bond donors (Lipinski definition) is 1. The second-order valence-electron chi connectivity index (χ2n) is 7.34. The summed E-state index contributed by atoms with van der Waals surface area (Å²) in [6.45, 7) is 7.94. The number of pyridine rings is 1. The van der Waals surface area contributed by atoms with Gasteiger partial charge in [0.25, 0.3) is 5.91 Å². The Kier molecular flexibility index (Phi) is 6.71. The largest absolute Gasteiger partial charge is 0.379 e. The lowest BCUT2D eigenvalue weighted by Gasteiger charge is -2.27. The number of nitrogens with one attached hydrogen (secondary N) is 1. The van der Waals surface area contributed by atoms with Gasteiger partial charge in [0.15, 0.2) is 0 Å². The first-order valence-electron chi connectivity index (χ1n) is 10.2. The van der Waals surface area contributed by atoms with Gasteiger partial charge in [0.05, 0.1) is 32.0 Å². The number of ether oxygens (including phenoxy) is 2. The highest BCUT2D eigenvalue weighted by Crippen LogP contribution is 2.15. The Balaban J connectivity index is 1.34. The first-order valence-corrected chi connectivity index (χ1v) is 10.2. The number of nitrogens with zero attached hydrogens (tertiary/aromatic N) is 3. The number of rotatable bonds is 6. The van der Waals surface area contributed by atoms with Gasteiger partial charge in [-0.05, 0) is 23.3 Å². The molecule has 0 aliphatic carbocycles. The van der Waals surface area contributed by atoms with Gasteiger partial charge >= 0.3 is 0 Å². The summed E-state index contributed by atoms with van der Waals surface area (Å²) >= 11 is 0. The van der Waals surface area contributed by atoms with E-state index < -0.39 is 0 Å². The topological polar surface area (TPSA) is 66.9 Å². The molecule has 7 nitrogen and oxygen atoms in total. The maximum Gasteiger partial charge on any atom is 0.253 e. The minimum absolute atomic E-state index is 0.104. The third-order valence-electron chi connectivity index (χ3n) is 5.40. The zero-order valence-corrected chi connectivity index (χ0v) is 16.7. The fourth-order valence-electron chi connectivity index (χ4n) is 3.66. The fourth-order valence-corrected chi connectivity index (χ4v) is 3.66. The third-order valence-corrected chi connectivity index (χ3v) is 5.40. The van der Waals surface area contributed by atoms with Gasteiger partial charge in [-0.2, -0.15) is 0 Å². The van der Waals surface area contributed by atoms with Crippen molar-refractivity contribution in [3.8, 4) is 0 Å². The molecule has 4 rings (SSSR count). The van der Waals surface area contributed by atoms with Crippen LogP contribution in [0.2, 0.25) is 0 Å². The number of morpholine rings is 2. The Hall–Kier alpha value is -2.48. The van der Waals surface area contributed by atoms with E-state index in [0.717, 1.165) is 57.3 Å². The Morgan fingerprint density at radius 1 is 0.931 bits per heavy atom. The van der Waals surface area contributed by atoms with Crippen LogP contribution in [-0.2, 0) is 22.6 Å². The SMILES string of the molecule is O=C(NCc1ccccc1CN1CCOCC1)c1ccc(N2CCOCC2)nc1. The van der Waals surface area contributed by atoms with Crippen molar-refractivity contribution in [3.63, 3.8) is 0 Å². The molecule has 0 atom stereocenters. The molecule has 1 aromatic heterocycles. The van der Waals surface area contributed by atoms with Gasteiger partial charge in [0, 0.05) is 45.5 Å². The van der Waals surface area contributed by atoms with E-state index in [1.54, 1.807) is 6.20 Å². The van der Waals surface area contributed by atoms with E-state index in [0.29, 0.717) is 25.3 Å². The zero-order chi connectivity index (χ0) is 19.9. The van der Waals surface area contributed by atoms with Crippen LogP contribution in [0.1, 0.15) is 21.5 Å². The lowest BCUT2D eigenvalue weighted by Crippen LogP contribution is -2.36. The summed E-state index contributed by atoms with van der Waals surface area (Å²) < 4.78 is 10.8. The average Bonchev–Trinajstić information content (AvgIpc) is 2.80. The molecule has 2 aliphatic heterocycles. The van der Waals surface area contributed by atoms with Crippen LogP contribution in [-0.4, -0.2) is 68.4 Å². The highest BCUT2D eigenvalue weighted by atomic mass is 16.5. The fraction of sp³-hybridized carbons (Fsp3) is 0.455. The molecule has 1 N–H and O–H groups in total. The molecule has 29 heavy (non-hydrogen) atoms. The molecule has 3 heterocycles. The van der Waals surface area contributed by atoms with Crippen molar-refractivity contribution >= 4 is 11.7 Å². The molecule has 0 saturated carbocycles. The summed E-state index contributed by atoms with van der Waals surface area (Å²) in [4.78, 5) is 21.6. The van der Waals surface area contributed by atoms with Gasteiger partial charge in [-0.1, -0.05) is 24.3 Å². The number of hydrogen-bond acceptors (Lipinski definition) is 6. The van der Waals surface area contributed by atoms with E-state index in [4.69, 9.17) is 9.47 Å². The number of aromatic nitrogens is 1. The Bertz CT molecular complexity index is 800. The number of carbonyl (C=O) groups excluding carboxylic acids is 1. The lowest BCUT2D eigenvalue weighted by atomic mass is 10.1. The molecule has 1 amide bonds. The van der Waals surface area contributed by atoms with Crippen molar-refractivity contribution in [2.75, 3.05) is 57.5 Å². The predicted octanol–water partition coefficient (Wildman–Crippen LogP) is 1.68. The van der Waals surface area contributed by atoms with E-state index in [1.807, 2.05) is 18.2 Å². The van der Waals surface area contributed by atoms with Gasteiger partial charge in [0.1, 0.15) is 5.82 Å². The van der Waals surface area contributed by atoms with Crippen molar-refractivity contribution < 1.29 is 14.3 Å². The van der Waals surface area contributed by atoms with Crippen molar-refractivity contribution in [3.05, 3.63) is 59.3 Å². The molecule has 1 aromatic carbocycles. The van der Waals surface area contributed by atoms with Crippen LogP contribution < -0.4 is 10.2 Å². The molecule has 2 aliphatic rings. The molecule has 2 fully saturated rings. The lowest BCUT2D eigenvalue weighted by molar-refractivity contribution is 0.0340. The van der Waals surface area contributed by atoms with E-state index in [2.05, 4.69) is 38.3 Å². The molecule has 0 spiro atoms. The minimum Gasteiger partial charge on any atom is -0.379 e. The predicted molar refractivity (Wildman–Crippen MR) is 111 cm³/mol. The Morgan fingerprint density at radius 2 is 1.62 bits per heavy atom. The van der Waals surface area contributed by atoms with E-state index in [9.17, 15) is 4.79 Å². The minimum atomic E-state index is -0.104. The average molecular weight is 396 g/mol. The monoisotopic (exact) mass is 396 g/mol. The van der Waals surface area contributed by atoms with Crippen LogP contribution in [0.5, 0.6) is 0 Å². The maximum absolute atomic E-state index is 12.6. The van der Waals surface area contributed by atoms with Crippen molar-refractivity contribution in [1.29, 1.82) is 0 Å². The second kappa shape index (κ2) is 9.82. The van der Waals surface area contributed by atoms with Gasteiger partial charge in [-0.25, -0.2) is 4.98 Å². The van der Waals surface area contributed by atoms with E-state index >= 15 is 0 Å². The van der Waals surface area contributed by atoms with Gasteiger partial charge in [-0.3, -0.25) is 9.69 Å². The number of carbonyl (C=O) groups is 1. The standard InChI is InChI=1S/C22H28N4O3/c27-22(19-5-6-21(23-16-19)26-9-13-29-14-10-26)24-15-18-3-1-2-4-20(18)17-25-7-11-28-12-8-25/h1-6,16H,7-15,17H2,(H,24,27). The second-order valence-corrected chi connectivity index (χ2v) is 7.34. The molecule has 0 unspecified atom stereocenters. The molecule has 154 valence electrons. The Morgan fingerprint density at radius 3 is 2.31 bits per heavy atom. The summed E-state index contributed by atoms with van der Waals surface area (Å²) in [7, 11) is 0. The molecule has 2 aromatic rings. The Labute approximate surface area is 171 Å². The van der Waals surface area contributed by atoms with E-state index in [1.165, 1.54) is 5.56 Å². The molecule has 7 heteroatoms. The van der Waals surface area contributed by atoms with Gasteiger partial charge in [0.2, 0.25) is 0 Å². The number of anilines is 1. The summed E-state index contributed by atoms with van der Waals surface area (Å²) in [6, 6.07) is 12.0. The third kappa shape index (κ3) is 5.32. The van der Waals surface area contributed by atoms with E-state index in [-0.39, 0.29) is 5.91 Å². The highest BCUT2D eigenvalue weighted by molar-refractivity contribution is 5.94. The molecule has 0 radical (unpaired) electrons.